The van der Waals surface area contributed by atoms with Gasteiger partial charge in [-0.3, -0.25) is 4.79 Å². The molecule has 3 nitrogen and oxygen atoms in total. The van der Waals surface area contributed by atoms with Gasteiger partial charge in [-0.1, -0.05) is 0 Å². The van der Waals surface area contributed by atoms with Crippen LogP contribution in [0.25, 0.3) is 10.9 Å². The molecule has 0 radical (unpaired) electrons. The van der Waals surface area contributed by atoms with Crippen molar-refractivity contribution in [3.8, 4) is 5.75 Å². The molecule has 78 valence electrons. The minimum atomic E-state index is -0.452. The molecule has 2 aromatic rings. The van der Waals surface area contributed by atoms with Crippen LogP contribution in [0.4, 0.5) is 4.39 Å². The molecule has 1 N–H and O–H groups in total. The van der Waals surface area contributed by atoms with Gasteiger partial charge in [-0.25, -0.2) is 4.39 Å². The highest BCUT2D eigenvalue weighted by Crippen LogP contribution is 2.23. The average molecular weight is 207 g/mol. The third kappa shape index (κ3) is 1.48. The van der Waals surface area contributed by atoms with Crippen LogP contribution in [0.2, 0.25) is 0 Å². The van der Waals surface area contributed by atoms with E-state index in [1.54, 1.807) is 6.92 Å². The Hall–Kier alpha value is -1.84. The average Bonchev–Trinajstić information content (AvgIpc) is 2.19. The van der Waals surface area contributed by atoms with Gasteiger partial charge in [-0.05, 0) is 19.1 Å². The Labute approximate surface area is 85.5 Å². The maximum absolute atomic E-state index is 13.4. The lowest BCUT2D eigenvalue weighted by Crippen LogP contribution is -2.06. The van der Waals surface area contributed by atoms with E-state index in [0.29, 0.717) is 11.4 Å². The standard InChI is InChI=1S/C11H10FNO2/c1-6-5-8(14)10-9(15-2)4-3-7(12)11(10)13-6/h3-5H,1-2H3,(H,13,14). The Balaban J connectivity index is 3.00. The van der Waals surface area contributed by atoms with Crippen molar-refractivity contribution in [2.75, 3.05) is 7.11 Å². The summed E-state index contributed by atoms with van der Waals surface area (Å²) in [5.41, 5.74) is 0.580. The van der Waals surface area contributed by atoms with Crippen LogP contribution in [0.5, 0.6) is 5.75 Å². The van der Waals surface area contributed by atoms with Gasteiger partial charge in [-0.2, -0.15) is 0 Å². The highest BCUT2D eigenvalue weighted by Gasteiger charge is 2.10. The Morgan fingerprint density at radius 2 is 2.13 bits per heavy atom. The number of aromatic nitrogens is 1. The summed E-state index contributed by atoms with van der Waals surface area (Å²) in [7, 11) is 1.45. The summed E-state index contributed by atoms with van der Waals surface area (Å²) in [6.45, 7) is 1.71. The number of ether oxygens (including phenoxy) is 1. The summed E-state index contributed by atoms with van der Waals surface area (Å²) in [5, 5.41) is 0.253. The molecule has 0 unspecified atom stereocenters. The molecule has 0 aliphatic carbocycles. The lowest BCUT2D eigenvalue weighted by molar-refractivity contribution is 0.419. The van der Waals surface area contributed by atoms with E-state index in [-0.39, 0.29) is 16.3 Å². The minimum Gasteiger partial charge on any atom is -0.496 e. The van der Waals surface area contributed by atoms with E-state index in [1.807, 2.05) is 0 Å². The molecule has 1 aromatic heterocycles. The molecule has 0 atom stereocenters. The predicted molar refractivity (Wildman–Crippen MR) is 55.8 cm³/mol. The van der Waals surface area contributed by atoms with Gasteiger partial charge in [0.05, 0.1) is 18.0 Å². The van der Waals surface area contributed by atoms with E-state index in [1.165, 1.54) is 25.3 Å². The van der Waals surface area contributed by atoms with Crippen LogP contribution in [0.1, 0.15) is 5.69 Å². The highest BCUT2D eigenvalue weighted by molar-refractivity contribution is 5.85. The lowest BCUT2D eigenvalue weighted by Gasteiger charge is -2.06. The van der Waals surface area contributed by atoms with E-state index in [2.05, 4.69) is 4.98 Å². The van der Waals surface area contributed by atoms with Gasteiger partial charge in [0.1, 0.15) is 11.6 Å². The monoisotopic (exact) mass is 207 g/mol. The van der Waals surface area contributed by atoms with Crippen molar-refractivity contribution in [2.24, 2.45) is 0 Å². The van der Waals surface area contributed by atoms with E-state index < -0.39 is 5.82 Å². The summed E-state index contributed by atoms with van der Waals surface area (Å²) in [4.78, 5) is 14.5. The van der Waals surface area contributed by atoms with Crippen LogP contribution in [-0.4, -0.2) is 12.1 Å². The fraction of sp³-hybridized carbons (Fsp3) is 0.182. The summed E-state index contributed by atoms with van der Waals surface area (Å²) < 4.78 is 18.5. The molecule has 0 fully saturated rings. The van der Waals surface area contributed by atoms with Gasteiger partial charge >= 0.3 is 0 Å². The molecule has 2 rings (SSSR count). The number of aromatic amines is 1. The first-order valence-corrected chi connectivity index (χ1v) is 4.49. The summed E-state index contributed by atoms with van der Waals surface area (Å²) in [6, 6.07) is 4.14. The molecule has 1 aromatic carbocycles. The molecule has 4 heteroatoms. The van der Waals surface area contributed by atoms with Crippen molar-refractivity contribution in [1.82, 2.24) is 4.98 Å². The number of nitrogens with one attached hydrogen (secondary N) is 1. The van der Waals surface area contributed by atoms with Gasteiger partial charge in [0.15, 0.2) is 5.43 Å². The molecular weight excluding hydrogens is 197 g/mol. The minimum absolute atomic E-state index is 0.194. The quantitative estimate of drug-likeness (QED) is 0.776. The van der Waals surface area contributed by atoms with Crippen molar-refractivity contribution in [2.45, 2.75) is 6.92 Å². The highest BCUT2D eigenvalue weighted by atomic mass is 19.1. The summed E-state index contributed by atoms with van der Waals surface area (Å²) in [5.74, 6) is -0.0701. The molecule has 0 bridgehead atoms. The lowest BCUT2D eigenvalue weighted by atomic mass is 10.1. The van der Waals surface area contributed by atoms with Crippen LogP contribution in [-0.2, 0) is 0 Å². The second-order valence-corrected chi connectivity index (χ2v) is 3.32. The number of pyridine rings is 1. The van der Waals surface area contributed by atoms with Gasteiger partial charge in [0.2, 0.25) is 0 Å². The van der Waals surface area contributed by atoms with Crippen molar-refractivity contribution in [3.05, 3.63) is 39.9 Å². The molecule has 0 saturated carbocycles. The van der Waals surface area contributed by atoms with Crippen LogP contribution in [0, 0.1) is 12.7 Å². The van der Waals surface area contributed by atoms with E-state index in [9.17, 15) is 9.18 Å². The molecular formula is C11H10FNO2. The largest absolute Gasteiger partial charge is 0.496 e. The maximum atomic E-state index is 13.4. The molecule has 0 spiro atoms. The van der Waals surface area contributed by atoms with Crippen LogP contribution >= 0.6 is 0 Å². The number of aryl methyl sites for hydroxylation is 1. The van der Waals surface area contributed by atoms with Crippen LogP contribution < -0.4 is 10.2 Å². The van der Waals surface area contributed by atoms with E-state index in [4.69, 9.17) is 4.74 Å². The topological polar surface area (TPSA) is 42.1 Å². The maximum Gasteiger partial charge on any atom is 0.193 e. The third-order valence-corrected chi connectivity index (χ3v) is 2.25. The Bertz CT molecular complexity index is 575. The molecule has 15 heavy (non-hydrogen) atoms. The van der Waals surface area contributed by atoms with Gasteiger partial charge in [0.25, 0.3) is 0 Å². The zero-order valence-corrected chi connectivity index (χ0v) is 8.43. The predicted octanol–water partition coefficient (Wildman–Crippen LogP) is 1.98. The smallest absolute Gasteiger partial charge is 0.193 e. The first-order chi connectivity index (χ1) is 7.13. The van der Waals surface area contributed by atoms with Gasteiger partial charge in [0, 0.05) is 11.8 Å². The number of methoxy groups -OCH3 is 1. The number of benzene rings is 1. The molecule has 0 aliphatic heterocycles. The van der Waals surface area contributed by atoms with Crippen molar-refractivity contribution in [3.63, 3.8) is 0 Å². The third-order valence-electron chi connectivity index (χ3n) is 2.25. The van der Waals surface area contributed by atoms with Crippen LogP contribution in [0.3, 0.4) is 0 Å². The molecule has 0 amide bonds. The Morgan fingerprint density at radius 3 is 2.80 bits per heavy atom. The summed E-state index contributed by atoms with van der Waals surface area (Å²) >= 11 is 0. The second kappa shape index (κ2) is 3.38. The number of hydrogen-bond donors (Lipinski definition) is 1. The zero-order chi connectivity index (χ0) is 11.0. The number of H-pyrrole nitrogens is 1. The zero-order valence-electron chi connectivity index (χ0n) is 8.43. The fourth-order valence-electron chi connectivity index (χ4n) is 1.60. The molecule has 1 heterocycles. The van der Waals surface area contributed by atoms with Crippen molar-refractivity contribution >= 4 is 10.9 Å². The fourth-order valence-corrected chi connectivity index (χ4v) is 1.60. The number of halogens is 1. The SMILES string of the molecule is COc1ccc(F)c2[nH]c(C)cc(=O)c12. The number of rotatable bonds is 1. The van der Waals surface area contributed by atoms with Crippen LogP contribution in [0.15, 0.2) is 23.0 Å². The van der Waals surface area contributed by atoms with E-state index >= 15 is 0 Å². The first kappa shape index (κ1) is 9.71. The van der Waals surface area contributed by atoms with Gasteiger partial charge in [-0.15, -0.1) is 0 Å². The molecule has 0 aliphatic rings. The second-order valence-electron chi connectivity index (χ2n) is 3.32. The normalized spacial score (nSPS) is 10.6. The number of fused-ring (bicyclic) bond motifs is 1. The first-order valence-electron chi connectivity index (χ1n) is 4.49. The van der Waals surface area contributed by atoms with E-state index in [0.717, 1.165) is 0 Å². The molecule has 0 saturated heterocycles. The van der Waals surface area contributed by atoms with Gasteiger partial charge < -0.3 is 9.72 Å². The van der Waals surface area contributed by atoms with Crippen molar-refractivity contribution < 1.29 is 9.13 Å². The van der Waals surface area contributed by atoms with Crippen molar-refractivity contribution in [1.29, 1.82) is 0 Å². The number of hydrogen-bond acceptors (Lipinski definition) is 2. The Morgan fingerprint density at radius 1 is 1.40 bits per heavy atom. The summed E-state index contributed by atoms with van der Waals surface area (Å²) in [6.07, 6.45) is 0. The Kier molecular flexibility index (Phi) is 2.19.